The Hall–Kier alpha value is -3.12. The van der Waals surface area contributed by atoms with E-state index in [1.54, 1.807) is 13.2 Å². The first-order chi connectivity index (χ1) is 24.8. The fourth-order valence-corrected chi connectivity index (χ4v) is 11.6. The third-order valence-electron chi connectivity index (χ3n) is 12.3. The van der Waals surface area contributed by atoms with Crippen LogP contribution in [0.25, 0.3) is 0 Å². The molecule has 3 heterocycles. The Morgan fingerprint density at radius 1 is 1.21 bits per heavy atom. The van der Waals surface area contributed by atoms with Gasteiger partial charge >= 0.3 is 6.03 Å². The molecule has 0 aromatic heterocycles. The standard InChI is InChI=1S/C40H53ClN4O6S/c1-6-26(3)20-52(48,44-37(47)42-40-21-38(4,22-40)51-25-40)43-36(46)28-11-15-35-33(18-28)45(19-29-10-13-31(29)34(7-2)49-5)23-39(24-50-35)16-8-9-27-17-30(41)12-14-32(27)39/h7,11-12,14-15,17-18,26,29,31,34H,2,6,8-10,13,16,19-25H2,1,3-5H3,(H2,42,43,44,46,47,48)/t26-,29-,31+,34-,38?,39-,40?,52?/m0/s1. The highest BCUT2D eigenvalue weighted by Gasteiger charge is 2.60. The van der Waals surface area contributed by atoms with Crippen molar-refractivity contribution >= 4 is 39.1 Å². The van der Waals surface area contributed by atoms with E-state index in [9.17, 15) is 13.8 Å². The van der Waals surface area contributed by atoms with Crippen LogP contribution in [-0.2, 0) is 31.2 Å². The molecule has 6 atom stereocenters. The zero-order valence-electron chi connectivity index (χ0n) is 30.9. The number of hydrogen-bond acceptors (Lipinski definition) is 7. The van der Waals surface area contributed by atoms with Gasteiger partial charge in [0.25, 0.3) is 5.91 Å². The lowest BCUT2D eigenvalue weighted by atomic mass is 9.68. The number of benzene rings is 2. The van der Waals surface area contributed by atoms with Crippen molar-refractivity contribution in [3.05, 3.63) is 70.8 Å². The number of carbonyl (C=O) groups is 2. The van der Waals surface area contributed by atoms with Crippen LogP contribution in [0, 0.1) is 17.8 Å². The summed E-state index contributed by atoms with van der Waals surface area (Å²) < 4.78 is 39.5. The number of halogens is 1. The quantitative estimate of drug-likeness (QED) is 0.233. The average molecular weight is 753 g/mol. The summed E-state index contributed by atoms with van der Waals surface area (Å²) >= 11 is 6.46. The maximum Gasteiger partial charge on any atom is 0.327 e. The maximum absolute atomic E-state index is 14.3. The van der Waals surface area contributed by atoms with Gasteiger partial charge in [0.15, 0.2) is 0 Å². The molecule has 10 nitrogen and oxygen atoms in total. The lowest BCUT2D eigenvalue weighted by molar-refractivity contribution is 0.0135. The van der Waals surface area contributed by atoms with E-state index in [1.165, 1.54) is 11.1 Å². The zero-order chi connectivity index (χ0) is 36.9. The van der Waals surface area contributed by atoms with E-state index in [0.717, 1.165) is 55.8 Å². The second-order valence-corrected chi connectivity index (χ2v) is 18.8. The van der Waals surface area contributed by atoms with Crippen molar-refractivity contribution < 1.29 is 28.0 Å². The molecule has 282 valence electrons. The van der Waals surface area contributed by atoms with Crippen LogP contribution >= 0.6 is 11.6 Å². The molecule has 3 amide bonds. The number of rotatable bonds is 11. The maximum atomic E-state index is 14.3. The molecular formula is C40H53ClN4O6S. The number of carbonyl (C=O) groups excluding carboxylic acids is 2. The molecule has 2 bridgehead atoms. The summed E-state index contributed by atoms with van der Waals surface area (Å²) in [6, 6.07) is 11.0. The largest absolute Gasteiger partial charge is 0.490 e. The number of urea groups is 1. The smallest absolute Gasteiger partial charge is 0.327 e. The molecule has 6 aliphatic rings. The third-order valence-corrected chi connectivity index (χ3v) is 14.6. The Kier molecular flexibility index (Phi) is 10.2. The SMILES string of the molecule is C=C[C@H](OC)[C@@H]1CC[C@H]1CN1C[C@@]2(CCCc3cc(Cl)ccc32)COc2ccc(C(=O)N=S(=O)(C[C@@H](C)CC)NC(=O)NC34COC(C)(C3)C4)cc21. The predicted octanol–water partition coefficient (Wildman–Crippen LogP) is 7.23. The molecule has 2 saturated carbocycles. The first-order valence-electron chi connectivity index (χ1n) is 18.8. The molecular weight excluding hydrogens is 700 g/mol. The second-order valence-electron chi connectivity index (χ2n) is 16.4. The molecule has 4 fully saturated rings. The van der Waals surface area contributed by atoms with E-state index in [2.05, 4.69) is 38.0 Å². The number of amides is 3. The van der Waals surface area contributed by atoms with Crippen LogP contribution in [0.1, 0.15) is 87.2 Å². The first kappa shape index (κ1) is 37.2. The van der Waals surface area contributed by atoms with Crippen LogP contribution in [-0.4, -0.2) is 72.6 Å². The Labute approximate surface area is 313 Å². The molecule has 2 aromatic rings. The van der Waals surface area contributed by atoms with Crippen molar-refractivity contribution in [1.82, 2.24) is 10.0 Å². The summed E-state index contributed by atoms with van der Waals surface area (Å²) in [4.78, 5) is 29.6. The Bertz CT molecular complexity index is 1850. The number of aryl methyl sites for hydroxylation is 1. The van der Waals surface area contributed by atoms with E-state index in [1.807, 2.05) is 45.0 Å². The van der Waals surface area contributed by atoms with Gasteiger partial charge in [0, 0.05) is 49.0 Å². The average Bonchev–Trinajstić information content (AvgIpc) is 3.53. The topological polar surface area (TPSA) is 119 Å². The van der Waals surface area contributed by atoms with E-state index in [4.69, 9.17) is 25.8 Å². The van der Waals surface area contributed by atoms with E-state index < -0.39 is 27.4 Å². The molecule has 2 aromatic carbocycles. The molecule has 2 N–H and O–H groups in total. The van der Waals surface area contributed by atoms with Gasteiger partial charge < -0.3 is 24.4 Å². The summed E-state index contributed by atoms with van der Waals surface area (Å²) in [5.74, 6) is 0.781. The third kappa shape index (κ3) is 7.22. The van der Waals surface area contributed by atoms with Gasteiger partial charge in [-0.2, -0.15) is 0 Å². The minimum atomic E-state index is -3.46. The molecule has 3 aliphatic carbocycles. The molecule has 2 saturated heterocycles. The molecule has 12 heteroatoms. The Morgan fingerprint density at radius 2 is 2.02 bits per heavy atom. The van der Waals surface area contributed by atoms with E-state index >= 15 is 0 Å². The molecule has 1 spiro atoms. The van der Waals surface area contributed by atoms with Gasteiger partial charge in [0.05, 0.1) is 41.9 Å². The molecule has 8 rings (SSSR count). The monoisotopic (exact) mass is 752 g/mol. The second kappa shape index (κ2) is 14.3. The van der Waals surface area contributed by atoms with Gasteiger partial charge in [0.2, 0.25) is 0 Å². The summed E-state index contributed by atoms with van der Waals surface area (Å²) in [6.45, 7) is 12.3. The summed E-state index contributed by atoms with van der Waals surface area (Å²) in [5.41, 5.74) is 2.66. The van der Waals surface area contributed by atoms with Gasteiger partial charge in [-0.05, 0) is 98.2 Å². The minimum absolute atomic E-state index is 0.0300. The highest BCUT2D eigenvalue weighted by molar-refractivity contribution is 7.92. The van der Waals surface area contributed by atoms with Gasteiger partial charge in [-0.15, -0.1) is 10.9 Å². The van der Waals surface area contributed by atoms with Gasteiger partial charge in [-0.3, -0.25) is 9.52 Å². The van der Waals surface area contributed by atoms with Crippen molar-refractivity contribution in [1.29, 1.82) is 0 Å². The highest BCUT2D eigenvalue weighted by atomic mass is 35.5. The summed E-state index contributed by atoms with van der Waals surface area (Å²) in [7, 11) is -1.72. The number of fused-ring (bicyclic) bond motifs is 4. The number of anilines is 1. The van der Waals surface area contributed by atoms with Crippen LogP contribution < -0.4 is 19.7 Å². The molecule has 1 unspecified atom stereocenters. The zero-order valence-corrected chi connectivity index (χ0v) is 32.5. The van der Waals surface area contributed by atoms with Gasteiger partial charge in [-0.25, -0.2) is 9.00 Å². The van der Waals surface area contributed by atoms with E-state index in [0.29, 0.717) is 55.7 Å². The van der Waals surface area contributed by atoms with Crippen molar-refractivity contribution in [2.24, 2.45) is 22.1 Å². The molecule has 0 radical (unpaired) electrons. The number of ether oxygens (including phenoxy) is 3. The highest BCUT2D eigenvalue weighted by Crippen LogP contribution is 2.51. The number of methoxy groups -OCH3 is 1. The molecule has 3 aliphatic heterocycles. The summed E-state index contributed by atoms with van der Waals surface area (Å²) in [5, 5.41) is 3.71. The number of hydrogen-bond donors (Lipinski definition) is 2. The number of nitrogens with one attached hydrogen (secondary N) is 2. The predicted molar refractivity (Wildman–Crippen MR) is 205 cm³/mol. The van der Waals surface area contributed by atoms with Crippen LogP contribution in [0.4, 0.5) is 10.5 Å². The van der Waals surface area contributed by atoms with Crippen LogP contribution in [0.2, 0.25) is 5.02 Å². The van der Waals surface area contributed by atoms with Crippen molar-refractivity contribution in [2.45, 2.75) is 94.8 Å². The number of nitrogens with zero attached hydrogens (tertiary/aromatic N) is 2. The van der Waals surface area contributed by atoms with Crippen LogP contribution in [0.15, 0.2) is 53.4 Å². The summed E-state index contributed by atoms with van der Waals surface area (Å²) in [6.07, 6.45) is 9.08. The fraction of sp³-hybridized carbons (Fsp3) is 0.600. The Morgan fingerprint density at radius 3 is 2.69 bits per heavy atom. The van der Waals surface area contributed by atoms with Crippen LogP contribution in [0.5, 0.6) is 5.75 Å². The fourth-order valence-electron chi connectivity index (χ4n) is 9.45. The van der Waals surface area contributed by atoms with Gasteiger partial charge in [0.1, 0.15) is 15.7 Å². The minimum Gasteiger partial charge on any atom is -0.490 e. The first-order valence-corrected chi connectivity index (χ1v) is 20.9. The van der Waals surface area contributed by atoms with Crippen LogP contribution in [0.3, 0.4) is 0 Å². The van der Waals surface area contributed by atoms with E-state index in [-0.39, 0.29) is 28.8 Å². The lowest BCUT2D eigenvalue weighted by Crippen LogP contribution is -2.61. The van der Waals surface area contributed by atoms with Crippen molar-refractivity contribution in [2.75, 3.05) is 44.1 Å². The lowest BCUT2D eigenvalue weighted by Gasteiger charge is -2.46. The molecule has 52 heavy (non-hydrogen) atoms. The van der Waals surface area contributed by atoms with Crippen molar-refractivity contribution in [3.8, 4) is 5.75 Å². The van der Waals surface area contributed by atoms with Crippen molar-refractivity contribution in [3.63, 3.8) is 0 Å². The van der Waals surface area contributed by atoms with Gasteiger partial charge in [-0.1, -0.05) is 44.0 Å². The normalized spacial score (nSPS) is 30.9. The Balaban J connectivity index is 1.20.